The average Bonchev–Trinajstić information content (AvgIpc) is 2.90. The fraction of sp³-hybridized carbons (Fsp3) is 0.636. The molecule has 3 aliphatic carbocycles. The SMILES string of the molecule is CC(=O)O[C@H]1C[C@@]2(O)[C@@H](OC(=O)c3ccccc3)C3[C@](C)(C(=O)[C@H](C)C(=C1C)C2(C)C)[C@@H](C)C[C@H]1OC[C@@]31OC(C)=O. The van der Waals surface area contributed by atoms with E-state index in [9.17, 15) is 24.3 Å². The predicted octanol–water partition coefficient (Wildman–Crippen LogP) is 4.20. The van der Waals surface area contributed by atoms with Gasteiger partial charge < -0.3 is 24.1 Å². The molecule has 2 saturated carbocycles. The van der Waals surface area contributed by atoms with Crippen LogP contribution in [0.1, 0.15) is 78.6 Å². The highest BCUT2D eigenvalue weighted by molar-refractivity contribution is 5.92. The number of carbonyl (C=O) groups is 4. The first-order valence-electron chi connectivity index (χ1n) is 14.7. The normalized spacial score (nSPS) is 40.4. The lowest BCUT2D eigenvalue weighted by molar-refractivity contribution is -0.339. The Hall–Kier alpha value is -3.04. The maximum Gasteiger partial charge on any atom is 0.338 e. The number of Topliss-reactive ketones (excluding diaryl/α,β-unsaturated/α-hetero) is 1. The van der Waals surface area contributed by atoms with Crippen molar-refractivity contribution in [3.63, 3.8) is 0 Å². The summed E-state index contributed by atoms with van der Waals surface area (Å²) in [5.74, 6) is -3.77. The molecule has 228 valence electrons. The summed E-state index contributed by atoms with van der Waals surface area (Å²) in [5, 5.41) is 13.1. The molecule has 0 spiro atoms. The molecule has 42 heavy (non-hydrogen) atoms. The van der Waals surface area contributed by atoms with Crippen LogP contribution in [0.5, 0.6) is 0 Å². The molecule has 9 atom stereocenters. The molecule has 0 aromatic heterocycles. The number of benzene rings is 1. The van der Waals surface area contributed by atoms with Gasteiger partial charge in [-0.1, -0.05) is 52.8 Å². The first-order valence-corrected chi connectivity index (χ1v) is 14.7. The first-order chi connectivity index (χ1) is 19.5. The van der Waals surface area contributed by atoms with E-state index in [1.54, 1.807) is 30.3 Å². The minimum atomic E-state index is -1.84. The zero-order valence-electron chi connectivity index (χ0n) is 25.7. The lowest BCUT2D eigenvalue weighted by Gasteiger charge is -2.68. The average molecular weight is 583 g/mol. The molecule has 1 saturated heterocycles. The fourth-order valence-corrected chi connectivity index (χ4v) is 8.77. The summed E-state index contributed by atoms with van der Waals surface area (Å²) in [6.07, 6.45) is -2.37. The van der Waals surface area contributed by atoms with Crippen molar-refractivity contribution in [1.82, 2.24) is 0 Å². The van der Waals surface area contributed by atoms with Crippen LogP contribution in [0, 0.1) is 28.6 Å². The zero-order chi connectivity index (χ0) is 31.0. The molecule has 4 aliphatic rings. The molecule has 0 amide bonds. The molecule has 0 radical (unpaired) electrons. The van der Waals surface area contributed by atoms with E-state index in [0.717, 1.165) is 0 Å². The van der Waals surface area contributed by atoms with E-state index >= 15 is 0 Å². The number of aliphatic hydroxyl groups is 1. The smallest absolute Gasteiger partial charge is 0.338 e. The standard InChI is InChI=1S/C33H42O9/c1-17-14-24-32(16-39-24,42-21(5)35)26-28(41-29(37)22-12-10-9-11-13-22)33(38)15-23(40-20(4)34)18(2)25(30(33,6)7)19(3)27(36)31(17,26)8/h9-13,17,19,23-24,26,28,38H,14-16H2,1-8H3/t17-,19+,23-,24+,26?,28-,31+,32-,33+/m0/s1. The molecule has 9 heteroatoms. The fourth-order valence-electron chi connectivity index (χ4n) is 8.77. The van der Waals surface area contributed by atoms with E-state index in [0.29, 0.717) is 17.6 Å². The van der Waals surface area contributed by atoms with Crippen LogP contribution in [0.2, 0.25) is 0 Å². The molecule has 1 heterocycles. The summed E-state index contributed by atoms with van der Waals surface area (Å²) in [5.41, 5.74) is -3.80. The van der Waals surface area contributed by atoms with Gasteiger partial charge in [-0.05, 0) is 42.5 Å². The van der Waals surface area contributed by atoms with Crippen LogP contribution in [0.3, 0.4) is 0 Å². The maximum absolute atomic E-state index is 14.9. The van der Waals surface area contributed by atoms with Crippen LogP contribution in [-0.4, -0.2) is 64.9 Å². The molecule has 1 unspecified atom stereocenters. The highest BCUT2D eigenvalue weighted by Gasteiger charge is 2.77. The topological polar surface area (TPSA) is 125 Å². The highest BCUT2D eigenvalue weighted by Crippen LogP contribution is 2.66. The maximum atomic E-state index is 14.9. The molecule has 1 aromatic rings. The van der Waals surface area contributed by atoms with Crippen molar-refractivity contribution < 1.29 is 43.2 Å². The van der Waals surface area contributed by atoms with Gasteiger partial charge in [0.1, 0.15) is 29.7 Å². The quantitative estimate of drug-likeness (QED) is 0.316. The molecule has 2 bridgehead atoms. The lowest BCUT2D eigenvalue weighted by Crippen LogP contribution is -2.80. The number of rotatable bonds is 4. The second-order valence-corrected chi connectivity index (χ2v) is 13.5. The van der Waals surface area contributed by atoms with Crippen LogP contribution in [0.4, 0.5) is 0 Å². The second kappa shape index (κ2) is 10.0. The number of hydrogen-bond donors (Lipinski definition) is 1. The molecule has 1 aliphatic heterocycles. The summed E-state index contributed by atoms with van der Waals surface area (Å²) in [6, 6.07) is 8.43. The van der Waals surface area contributed by atoms with E-state index in [-0.39, 0.29) is 30.3 Å². The molecular weight excluding hydrogens is 540 g/mol. The Labute approximate surface area is 246 Å². The van der Waals surface area contributed by atoms with Crippen molar-refractivity contribution in [2.45, 2.75) is 97.7 Å². The highest BCUT2D eigenvalue weighted by atomic mass is 16.6. The molecule has 9 nitrogen and oxygen atoms in total. The van der Waals surface area contributed by atoms with Crippen molar-refractivity contribution in [2.75, 3.05) is 6.61 Å². The third-order valence-electron chi connectivity index (χ3n) is 11.0. The zero-order valence-corrected chi connectivity index (χ0v) is 25.7. The number of hydrogen-bond acceptors (Lipinski definition) is 9. The van der Waals surface area contributed by atoms with Crippen molar-refractivity contribution in [3.8, 4) is 0 Å². The minimum absolute atomic E-state index is 0.00310. The van der Waals surface area contributed by atoms with Crippen molar-refractivity contribution in [2.24, 2.45) is 28.6 Å². The van der Waals surface area contributed by atoms with E-state index < -0.39 is 70.1 Å². The molecule has 1 N–H and O–H groups in total. The van der Waals surface area contributed by atoms with E-state index in [1.807, 2.05) is 41.5 Å². The van der Waals surface area contributed by atoms with Gasteiger partial charge in [0, 0.05) is 37.0 Å². The third-order valence-corrected chi connectivity index (χ3v) is 11.0. The van der Waals surface area contributed by atoms with Crippen LogP contribution >= 0.6 is 0 Å². The Morgan fingerprint density at radius 1 is 1.00 bits per heavy atom. The van der Waals surface area contributed by atoms with Gasteiger partial charge in [-0.25, -0.2) is 4.79 Å². The number of esters is 3. The van der Waals surface area contributed by atoms with Gasteiger partial charge >= 0.3 is 17.9 Å². The van der Waals surface area contributed by atoms with Gasteiger partial charge in [-0.3, -0.25) is 14.4 Å². The third kappa shape index (κ3) is 4.10. The molecule has 1 aromatic carbocycles. The van der Waals surface area contributed by atoms with Gasteiger partial charge in [-0.2, -0.15) is 0 Å². The number of fused-ring (bicyclic) bond motifs is 5. The lowest BCUT2D eigenvalue weighted by atomic mass is 9.42. The molecular formula is C33H42O9. The van der Waals surface area contributed by atoms with Gasteiger partial charge in [0.05, 0.1) is 18.1 Å². The Morgan fingerprint density at radius 2 is 1.64 bits per heavy atom. The second-order valence-electron chi connectivity index (χ2n) is 13.5. The van der Waals surface area contributed by atoms with Crippen LogP contribution < -0.4 is 0 Å². The van der Waals surface area contributed by atoms with Crippen LogP contribution in [0.25, 0.3) is 0 Å². The number of ketones is 1. The van der Waals surface area contributed by atoms with Crippen molar-refractivity contribution in [1.29, 1.82) is 0 Å². The first kappa shape index (κ1) is 30.4. The van der Waals surface area contributed by atoms with E-state index in [4.69, 9.17) is 18.9 Å². The summed E-state index contributed by atoms with van der Waals surface area (Å²) in [4.78, 5) is 53.6. The molecule has 5 rings (SSSR count). The van der Waals surface area contributed by atoms with E-state index in [2.05, 4.69) is 0 Å². The number of ether oxygens (including phenoxy) is 4. The van der Waals surface area contributed by atoms with E-state index in [1.165, 1.54) is 13.8 Å². The molecule has 3 fully saturated rings. The minimum Gasteiger partial charge on any atom is -0.458 e. The van der Waals surface area contributed by atoms with Crippen LogP contribution in [0.15, 0.2) is 41.5 Å². The largest absolute Gasteiger partial charge is 0.458 e. The monoisotopic (exact) mass is 582 g/mol. The summed E-state index contributed by atoms with van der Waals surface area (Å²) in [7, 11) is 0. The van der Waals surface area contributed by atoms with Crippen molar-refractivity contribution >= 4 is 23.7 Å². The van der Waals surface area contributed by atoms with Crippen molar-refractivity contribution in [3.05, 3.63) is 47.0 Å². The predicted molar refractivity (Wildman–Crippen MR) is 151 cm³/mol. The Kier molecular flexibility index (Phi) is 7.25. The van der Waals surface area contributed by atoms with Gasteiger partial charge in [0.2, 0.25) is 0 Å². The number of carbonyl (C=O) groups excluding carboxylic acids is 4. The Balaban J connectivity index is 1.82. The van der Waals surface area contributed by atoms with Gasteiger partial charge in [-0.15, -0.1) is 0 Å². The summed E-state index contributed by atoms with van der Waals surface area (Å²) >= 11 is 0. The summed E-state index contributed by atoms with van der Waals surface area (Å²) < 4.78 is 24.2. The van der Waals surface area contributed by atoms with Gasteiger partial charge in [0.25, 0.3) is 0 Å². The Morgan fingerprint density at radius 3 is 2.19 bits per heavy atom. The van der Waals surface area contributed by atoms with Crippen LogP contribution in [-0.2, 0) is 33.3 Å². The van der Waals surface area contributed by atoms with Gasteiger partial charge in [0.15, 0.2) is 5.60 Å². The summed E-state index contributed by atoms with van der Waals surface area (Å²) in [6.45, 7) is 13.7. The Bertz CT molecular complexity index is 1350.